The molecule has 0 aromatic carbocycles. The van der Waals surface area contributed by atoms with E-state index in [0.717, 1.165) is 63.7 Å². The topological polar surface area (TPSA) is 78.9 Å². The summed E-state index contributed by atoms with van der Waals surface area (Å²) in [6.45, 7) is 9.07. The Morgan fingerprint density at radius 1 is 0.297 bits per heavy atom. The van der Waals surface area contributed by atoms with E-state index in [1.165, 1.54) is 225 Å². The highest BCUT2D eigenvalue weighted by Crippen LogP contribution is 2.18. The highest BCUT2D eigenvalue weighted by atomic mass is 16.6. The Kier molecular flexibility index (Phi) is 51.1. The van der Waals surface area contributed by atoms with Gasteiger partial charge in [-0.05, 0) is 25.2 Å². The van der Waals surface area contributed by atoms with Crippen molar-refractivity contribution >= 4 is 17.9 Å². The lowest BCUT2D eigenvalue weighted by Gasteiger charge is -2.18. The van der Waals surface area contributed by atoms with Gasteiger partial charge in [0, 0.05) is 19.3 Å². The lowest BCUT2D eigenvalue weighted by molar-refractivity contribution is -0.167. The quantitative estimate of drug-likeness (QED) is 0.0344. The van der Waals surface area contributed by atoms with E-state index < -0.39 is 6.10 Å². The van der Waals surface area contributed by atoms with Crippen LogP contribution >= 0.6 is 0 Å². The van der Waals surface area contributed by atoms with E-state index in [9.17, 15) is 14.4 Å². The second-order valence-electron chi connectivity index (χ2n) is 20.4. The van der Waals surface area contributed by atoms with Crippen molar-refractivity contribution < 1.29 is 28.6 Å². The van der Waals surface area contributed by atoms with E-state index in [-0.39, 0.29) is 31.1 Å². The first-order valence-electron chi connectivity index (χ1n) is 28.9. The van der Waals surface area contributed by atoms with Crippen LogP contribution in [0, 0.1) is 5.92 Å². The Bertz CT molecular complexity index is 964. The van der Waals surface area contributed by atoms with Crippen molar-refractivity contribution in [2.24, 2.45) is 5.92 Å². The third-order valence-corrected chi connectivity index (χ3v) is 13.3. The van der Waals surface area contributed by atoms with Gasteiger partial charge in [-0.3, -0.25) is 14.4 Å². The molecule has 0 aromatic rings. The lowest BCUT2D eigenvalue weighted by Crippen LogP contribution is -2.30. The summed E-state index contributed by atoms with van der Waals surface area (Å²) >= 11 is 0. The summed E-state index contributed by atoms with van der Waals surface area (Å²) in [5.41, 5.74) is 0. The molecule has 0 unspecified atom stereocenters. The van der Waals surface area contributed by atoms with E-state index in [1.54, 1.807) is 0 Å². The first-order valence-corrected chi connectivity index (χ1v) is 28.9. The average molecular weight is 906 g/mol. The zero-order valence-electron chi connectivity index (χ0n) is 43.8. The van der Waals surface area contributed by atoms with Gasteiger partial charge in [-0.25, -0.2) is 0 Å². The molecule has 0 aliphatic carbocycles. The van der Waals surface area contributed by atoms with Crippen LogP contribution in [0.3, 0.4) is 0 Å². The Morgan fingerprint density at radius 3 is 0.766 bits per heavy atom. The SMILES string of the molecule is CCCCCCCCCCCCCCCC(=O)O[C@H](COC(=O)CCCCCCCCCCCCCC)COC(=O)CCCCCCCCCCCCCCCCCCCCC(C)C. The fourth-order valence-corrected chi connectivity index (χ4v) is 8.92. The molecule has 0 fully saturated rings. The fraction of sp³-hybridized carbons (Fsp3) is 0.948. The smallest absolute Gasteiger partial charge is 0.306 e. The van der Waals surface area contributed by atoms with Gasteiger partial charge in [0.25, 0.3) is 0 Å². The van der Waals surface area contributed by atoms with Crippen molar-refractivity contribution in [2.45, 2.75) is 336 Å². The zero-order chi connectivity index (χ0) is 46.7. The molecule has 0 spiro atoms. The minimum atomic E-state index is -0.761. The number of ether oxygens (including phenoxy) is 3. The second kappa shape index (κ2) is 52.4. The van der Waals surface area contributed by atoms with E-state index in [2.05, 4.69) is 27.7 Å². The molecule has 0 N–H and O–H groups in total. The maximum Gasteiger partial charge on any atom is 0.306 e. The van der Waals surface area contributed by atoms with Crippen molar-refractivity contribution in [3.63, 3.8) is 0 Å². The third kappa shape index (κ3) is 51.4. The molecule has 6 nitrogen and oxygen atoms in total. The third-order valence-electron chi connectivity index (χ3n) is 13.3. The molecule has 0 bridgehead atoms. The molecule has 0 rings (SSSR count). The van der Waals surface area contributed by atoms with Gasteiger partial charge in [0.2, 0.25) is 0 Å². The summed E-state index contributed by atoms with van der Waals surface area (Å²) in [7, 11) is 0. The van der Waals surface area contributed by atoms with Crippen LogP contribution in [0.1, 0.15) is 329 Å². The molecule has 1 atom stereocenters. The molecule has 0 amide bonds. The molecule has 0 aliphatic rings. The van der Waals surface area contributed by atoms with Crippen LogP contribution in [0.25, 0.3) is 0 Å². The number of rotatable bonds is 53. The van der Waals surface area contributed by atoms with Gasteiger partial charge in [0.05, 0.1) is 0 Å². The Balaban J connectivity index is 4.21. The predicted molar refractivity (Wildman–Crippen MR) is 275 cm³/mol. The summed E-state index contributed by atoms with van der Waals surface area (Å²) in [4.78, 5) is 38.1. The lowest BCUT2D eigenvalue weighted by atomic mass is 10.0. The molecule has 0 aromatic heterocycles. The van der Waals surface area contributed by atoms with Crippen LogP contribution in [-0.4, -0.2) is 37.2 Å². The van der Waals surface area contributed by atoms with Gasteiger partial charge in [-0.15, -0.1) is 0 Å². The Labute approximate surface area is 399 Å². The average Bonchev–Trinajstić information content (AvgIpc) is 3.28. The first kappa shape index (κ1) is 62.4. The number of unbranched alkanes of at least 4 members (excludes halogenated alkanes) is 40. The minimum Gasteiger partial charge on any atom is -0.462 e. The van der Waals surface area contributed by atoms with Crippen molar-refractivity contribution in [3.8, 4) is 0 Å². The van der Waals surface area contributed by atoms with Crippen molar-refractivity contribution in [2.75, 3.05) is 13.2 Å². The predicted octanol–water partition coefficient (Wildman–Crippen LogP) is 19.0. The highest BCUT2D eigenvalue weighted by Gasteiger charge is 2.19. The molecule has 0 aliphatic heterocycles. The largest absolute Gasteiger partial charge is 0.462 e. The summed E-state index contributed by atoms with van der Waals surface area (Å²) < 4.78 is 16.9. The van der Waals surface area contributed by atoms with Gasteiger partial charge in [0.15, 0.2) is 6.10 Å². The zero-order valence-corrected chi connectivity index (χ0v) is 43.8. The van der Waals surface area contributed by atoms with Crippen molar-refractivity contribution in [1.29, 1.82) is 0 Å². The Hall–Kier alpha value is -1.59. The van der Waals surface area contributed by atoms with Crippen LogP contribution in [0.2, 0.25) is 0 Å². The normalized spacial score (nSPS) is 12.0. The van der Waals surface area contributed by atoms with Crippen LogP contribution < -0.4 is 0 Å². The Morgan fingerprint density at radius 2 is 0.516 bits per heavy atom. The van der Waals surface area contributed by atoms with Crippen molar-refractivity contribution in [1.82, 2.24) is 0 Å². The van der Waals surface area contributed by atoms with E-state index in [1.807, 2.05) is 0 Å². The van der Waals surface area contributed by atoms with Gasteiger partial charge < -0.3 is 14.2 Å². The van der Waals surface area contributed by atoms with Gasteiger partial charge in [-0.2, -0.15) is 0 Å². The summed E-state index contributed by atoms with van der Waals surface area (Å²) in [6.07, 6.45) is 56.6. The van der Waals surface area contributed by atoms with Crippen LogP contribution in [0.4, 0.5) is 0 Å². The molecule has 6 heteroatoms. The number of carbonyl (C=O) groups excluding carboxylic acids is 3. The molecule has 0 heterocycles. The summed E-state index contributed by atoms with van der Waals surface area (Å²) in [5.74, 6) is 0.0230. The summed E-state index contributed by atoms with van der Waals surface area (Å²) in [6, 6.07) is 0. The number of esters is 3. The van der Waals surface area contributed by atoms with Crippen LogP contribution in [-0.2, 0) is 28.6 Å². The van der Waals surface area contributed by atoms with Gasteiger partial charge in [0.1, 0.15) is 13.2 Å². The van der Waals surface area contributed by atoms with E-state index >= 15 is 0 Å². The maximum atomic E-state index is 12.8. The number of hydrogen-bond donors (Lipinski definition) is 0. The summed E-state index contributed by atoms with van der Waals surface area (Å²) in [5, 5.41) is 0. The van der Waals surface area contributed by atoms with Crippen LogP contribution in [0.15, 0.2) is 0 Å². The van der Waals surface area contributed by atoms with E-state index in [4.69, 9.17) is 14.2 Å². The van der Waals surface area contributed by atoms with Gasteiger partial charge in [-0.1, -0.05) is 291 Å². The fourth-order valence-electron chi connectivity index (χ4n) is 8.92. The molecule has 0 saturated carbocycles. The maximum absolute atomic E-state index is 12.8. The molecule has 0 saturated heterocycles. The second-order valence-corrected chi connectivity index (χ2v) is 20.4. The first-order chi connectivity index (χ1) is 31.4. The van der Waals surface area contributed by atoms with Crippen molar-refractivity contribution in [3.05, 3.63) is 0 Å². The standard InChI is InChI=1S/C58H112O6/c1-5-7-9-11-13-15-17-25-31-35-39-43-47-51-58(61)64-55(52-62-56(59)49-45-41-37-33-29-18-16-14-12-10-8-6-2)53-63-57(60)50-46-42-38-34-30-27-24-22-20-19-21-23-26-28-32-36-40-44-48-54(3)4/h54-55H,5-53H2,1-4H3/t55-/m1/s1. The molecule has 380 valence electrons. The van der Waals surface area contributed by atoms with Crippen LogP contribution in [0.5, 0.6) is 0 Å². The monoisotopic (exact) mass is 905 g/mol. The molecular weight excluding hydrogens is 793 g/mol. The molecular formula is C58H112O6. The van der Waals surface area contributed by atoms with Gasteiger partial charge >= 0.3 is 17.9 Å². The minimum absolute atomic E-state index is 0.0618. The van der Waals surface area contributed by atoms with E-state index in [0.29, 0.717) is 19.3 Å². The molecule has 0 radical (unpaired) electrons. The molecule has 64 heavy (non-hydrogen) atoms. The number of hydrogen-bond acceptors (Lipinski definition) is 6. The highest BCUT2D eigenvalue weighted by molar-refractivity contribution is 5.71. The number of carbonyl (C=O) groups is 3.